The Morgan fingerprint density at radius 1 is 1.39 bits per heavy atom. The molecule has 2 N–H and O–H groups in total. The molecule has 5 heteroatoms. The highest BCUT2D eigenvalue weighted by Crippen LogP contribution is 2.11. The van der Waals surface area contributed by atoms with Gasteiger partial charge in [-0.2, -0.15) is 0 Å². The maximum atomic E-state index is 9.56. The summed E-state index contributed by atoms with van der Waals surface area (Å²) in [5.41, 5.74) is 0. The lowest BCUT2D eigenvalue weighted by atomic mass is 10.0. The third-order valence-electron chi connectivity index (χ3n) is 3.45. The minimum atomic E-state index is -0.188. The van der Waals surface area contributed by atoms with E-state index in [-0.39, 0.29) is 30.1 Å². The Hall–Kier alpha value is -0.0400. The van der Waals surface area contributed by atoms with E-state index >= 15 is 0 Å². The first-order valence-corrected chi connectivity index (χ1v) is 6.92. The van der Waals surface area contributed by atoms with E-state index in [4.69, 9.17) is 4.99 Å². The fourth-order valence-electron chi connectivity index (χ4n) is 2.12. The summed E-state index contributed by atoms with van der Waals surface area (Å²) in [6, 6.07) is 0. The summed E-state index contributed by atoms with van der Waals surface area (Å²) in [6.45, 7) is 9.92. The lowest BCUT2D eigenvalue weighted by Crippen LogP contribution is -2.40. The van der Waals surface area contributed by atoms with Gasteiger partial charge in [-0.05, 0) is 19.3 Å². The fraction of sp³-hybridized carbons (Fsp3) is 0.923. The molecular weight excluding hydrogens is 341 g/mol. The largest absolute Gasteiger partial charge is 0.391 e. The van der Waals surface area contributed by atoms with Gasteiger partial charge in [0.1, 0.15) is 0 Å². The van der Waals surface area contributed by atoms with Crippen molar-refractivity contribution in [3.63, 3.8) is 0 Å². The molecule has 1 heterocycles. The van der Waals surface area contributed by atoms with Gasteiger partial charge >= 0.3 is 0 Å². The van der Waals surface area contributed by atoms with Crippen molar-refractivity contribution in [2.75, 3.05) is 26.2 Å². The monoisotopic (exact) mass is 369 g/mol. The van der Waals surface area contributed by atoms with Gasteiger partial charge < -0.3 is 15.3 Å². The first-order valence-electron chi connectivity index (χ1n) is 6.92. The van der Waals surface area contributed by atoms with E-state index in [9.17, 15) is 5.11 Å². The quantitative estimate of drug-likeness (QED) is 0.443. The molecule has 0 unspecified atom stereocenters. The second-order valence-electron chi connectivity index (χ2n) is 4.77. The van der Waals surface area contributed by atoms with Crippen LogP contribution in [0.5, 0.6) is 0 Å². The Labute approximate surface area is 128 Å². The molecule has 4 nitrogen and oxygen atoms in total. The van der Waals surface area contributed by atoms with E-state index in [1.165, 1.54) is 12.8 Å². The second-order valence-corrected chi connectivity index (χ2v) is 4.77. The number of hydrogen-bond acceptors (Lipinski definition) is 2. The first-order chi connectivity index (χ1) is 8.21. The number of aliphatic hydroxyl groups is 1. The van der Waals surface area contributed by atoms with Gasteiger partial charge in [-0.15, -0.1) is 24.0 Å². The highest BCUT2D eigenvalue weighted by Gasteiger charge is 2.22. The van der Waals surface area contributed by atoms with Crippen molar-refractivity contribution < 1.29 is 5.11 Å². The summed E-state index contributed by atoms with van der Waals surface area (Å²) in [7, 11) is 0. The summed E-state index contributed by atoms with van der Waals surface area (Å²) < 4.78 is 0. The number of hydrogen-bond donors (Lipinski definition) is 2. The van der Waals surface area contributed by atoms with Crippen molar-refractivity contribution >= 4 is 29.9 Å². The predicted octanol–water partition coefficient (Wildman–Crippen LogP) is 2.07. The van der Waals surface area contributed by atoms with Crippen molar-refractivity contribution in [1.29, 1.82) is 0 Å². The Balaban J connectivity index is 0.00000289. The minimum absolute atomic E-state index is 0. The summed E-state index contributed by atoms with van der Waals surface area (Å²) in [6.07, 6.45) is 3.03. The van der Waals surface area contributed by atoms with E-state index < -0.39 is 0 Å². The number of nitrogens with one attached hydrogen (secondary N) is 1. The fourth-order valence-corrected chi connectivity index (χ4v) is 2.12. The SMILES string of the molecule is CCNC(=NCC(CC)CC)N1CC[C@@H](O)C1.I. The first kappa shape index (κ1) is 18.0. The molecule has 1 aliphatic rings. The normalized spacial score (nSPS) is 20.2. The molecule has 1 rings (SSSR count). The molecule has 0 aromatic heterocycles. The molecule has 1 saturated heterocycles. The zero-order valence-electron chi connectivity index (χ0n) is 11.9. The number of likely N-dealkylation sites (tertiary alicyclic amines) is 1. The summed E-state index contributed by atoms with van der Waals surface area (Å²) in [5.74, 6) is 1.65. The Kier molecular flexibility index (Phi) is 9.81. The van der Waals surface area contributed by atoms with E-state index in [0.29, 0.717) is 5.92 Å². The molecule has 18 heavy (non-hydrogen) atoms. The van der Waals surface area contributed by atoms with Crippen LogP contribution in [0.3, 0.4) is 0 Å². The number of rotatable bonds is 5. The van der Waals surface area contributed by atoms with Crippen LogP contribution in [-0.4, -0.2) is 48.2 Å². The van der Waals surface area contributed by atoms with Crippen LogP contribution < -0.4 is 5.32 Å². The van der Waals surface area contributed by atoms with Gasteiger partial charge in [0, 0.05) is 26.2 Å². The summed E-state index contributed by atoms with van der Waals surface area (Å²) in [5, 5.41) is 12.9. The van der Waals surface area contributed by atoms with Crippen molar-refractivity contribution in [3.05, 3.63) is 0 Å². The molecule has 108 valence electrons. The second kappa shape index (κ2) is 9.83. The number of halogens is 1. The van der Waals surface area contributed by atoms with Gasteiger partial charge in [-0.3, -0.25) is 4.99 Å². The van der Waals surface area contributed by atoms with Crippen LogP contribution in [0.1, 0.15) is 40.0 Å². The maximum absolute atomic E-state index is 9.56. The van der Waals surface area contributed by atoms with Gasteiger partial charge in [-0.25, -0.2) is 0 Å². The average molecular weight is 369 g/mol. The highest BCUT2D eigenvalue weighted by atomic mass is 127. The van der Waals surface area contributed by atoms with Gasteiger partial charge in [0.05, 0.1) is 6.10 Å². The predicted molar refractivity (Wildman–Crippen MR) is 87.7 cm³/mol. The molecule has 0 aromatic rings. The zero-order valence-corrected chi connectivity index (χ0v) is 14.2. The number of aliphatic imine (C=N–C) groups is 1. The maximum Gasteiger partial charge on any atom is 0.194 e. The van der Waals surface area contributed by atoms with Crippen LogP contribution in [0.4, 0.5) is 0 Å². The lowest BCUT2D eigenvalue weighted by molar-refractivity contribution is 0.187. The molecular formula is C13H28IN3O. The molecule has 0 aromatic carbocycles. The number of guanidine groups is 1. The Morgan fingerprint density at radius 2 is 2.06 bits per heavy atom. The van der Waals surface area contributed by atoms with E-state index in [1.54, 1.807) is 0 Å². The Morgan fingerprint density at radius 3 is 2.50 bits per heavy atom. The van der Waals surface area contributed by atoms with Crippen molar-refractivity contribution in [3.8, 4) is 0 Å². The smallest absolute Gasteiger partial charge is 0.194 e. The lowest BCUT2D eigenvalue weighted by Gasteiger charge is -2.21. The van der Waals surface area contributed by atoms with Crippen LogP contribution in [-0.2, 0) is 0 Å². The molecule has 1 fully saturated rings. The minimum Gasteiger partial charge on any atom is -0.391 e. The van der Waals surface area contributed by atoms with Crippen LogP contribution >= 0.6 is 24.0 Å². The third-order valence-corrected chi connectivity index (χ3v) is 3.45. The topological polar surface area (TPSA) is 47.9 Å². The molecule has 1 atom stereocenters. The van der Waals surface area contributed by atoms with Crippen molar-refractivity contribution in [2.24, 2.45) is 10.9 Å². The van der Waals surface area contributed by atoms with Crippen molar-refractivity contribution in [1.82, 2.24) is 10.2 Å². The standard InChI is InChI=1S/C13H27N3O.HI/c1-4-11(5-2)9-15-13(14-6-3)16-8-7-12(17)10-16;/h11-12,17H,4-10H2,1-3H3,(H,14,15);1H/t12-;/m1./s1. The molecule has 0 aliphatic carbocycles. The van der Waals surface area contributed by atoms with Gasteiger partial charge in [-0.1, -0.05) is 26.7 Å². The van der Waals surface area contributed by atoms with Gasteiger partial charge in [0.25, 0.3) is 0 Å². The van der Waals surface area contributed by atoms with E-state index in [0.717, 1.165) is 38.6 Å². The molecule has 0 radical (unpaired) electrons. The third kappa shape index (κ3) is 5.73. The molecule has 1 aliphatic heterocycles. The number of aliphatic hydroxyl groups excluding tert-OH is 1. The molecule has 0 bridgehead atoms. The van der Waals surface area contributed by atoms with Gasteiger partial charge in [0.15, 0.2) is 5.96 Å². The van der Waals surface area contributed by atoms with E-state index in [2.05, 4.69) is 31.0 Å². The van der Waals surface area contributed by atoms with Crippen LogP contribution in [0.25, 0.3) is 0 Å². The average Bonchev–Trinajstić information content (AvgIpc) is 2.75. The summed E-state index contributed by atoms with van der Waals surface area (Å²) in [4.78, 5) is 6.86. The van der Waals surface area contributed by atoms with Crippen molar-refractivity contribution in [2.45, 2.75) is 46.1 Å². The van der Waals surface area contributed by atoms with Crippen LogP contribution in [0, 0.1) is 5.92 Å². The zero-order chi connectivity index (χ0) is 12.7. The van der Waals surface area contributed by atoms with Crippen LogP contribution in [0.2, 0.25) is 0 Å². The van der Waals surface area contributed by atoms with E-state index in [1.807, 2.05) is 0 Å². The van der Waals surface area contributed by atoms with Gasteiger partial charge in [0.2, 0.25) is 0 Å². The summed E-state index contributed by atoms with van der Waals surface area (Å²) >= 11 is 0. The highest BCUT2D eigenvalue weighted by molar-refractivity contribution is 14.0. The number of β-amino-alcohol motifs (C(OH)–C–C–N with tert-alkyl or cyclic N) is 1. The molecule has 0 spiro atoms. The number of nitrogens with zero attached hydrogens (tertiary/aromatic N) is 2. The molecule has 0 amide bonds. The Bertz CT molecular complexity index is 244. The van der Waals surface area contributed by atoms with Crippen LogP contribution in [0.15, 0.2) is 4.99 Å². The molecule has 0 saturated carbocycles.